The van der Waals surface area contributed by atoms with Gasteiger partial charge in [-0.15, -0.1) is 0 Å². The maximum absolute atomic E-state index is 12.9. The molecule has 0 bridgehead atoms. The van der Waals surface area contributed by atoms with E-state index in [1.54, 1.807) is 6.92 Å². The van der Waals surface area contributed by atoms with Crippen LogP contribution in [-0.4, -0.2) is 40.2 Å². The lowest BCUT2D eigenvalue weighted by Crippen LogP contribution is -2.33. The second kappa shape index (κ2) is 5.43. The number of aromatic nitrogens is 1. The van der Waals surface area contributed by atoms with E-state index in [1.807, 2.05) is 0 Å². The number of nitrogens with zero attached hydrogens (tertiary/aromatic N) is 3. The van der Waals surface area contributed by atoms with Crippen molar-refractivity contribution < 1.29 is 28.0 Å². The molecule has 1 aliphatic rings. The Morgan fingerprint density at radius 2 is 2.14 bits per heavy atom. The van der Waals surface area contributed by atoms with Crippen LogP contribution in [0.4, 0.5) is 24.7 Å². The van der Waals surface area contributed by atoms with Gasteiger partial charge in [0.25, 0.3) is 0 Å². The molecule has 1 aliphatic heterocycles. The number of hydrogen-bond acceptors (Lipinski definition) is 5. The molecule has 1 aromatic heterocycles. The van der Waals surface area contributed by atoms with Crippen molar-refractivity contribution in [3.05, 3.63) is 27.9 Å². The molecule has 7 nitrogen and oxygen atoms in total. The van der Waals surface area contributed by atoms with E-state index in [2.05, 4.69) is 4.98 Å². The largest absolute Gasteiger partial charge is 0.481 e. The standard InChI is InChI=1S/C12H12F3N3O4/c1-6-2-9(18(21)22)10(16-3-6)17-4-7(11(19)20)8(5-17)12(13,14)15/h2-3,7-8H,4-5H2,1H3,(H,19,20)/t7-,8-/m1/s1. The Hall–Kier alpha value is -2.39. The van der Waals surface area contributed by atoms with Crippen molar-refractivity contribution in [3.63, 3.8) is 0 Å². The highest BCUT2D eigenvalue weighted by Gasteiger charge is 2.53. The number of carbonyl (C=O) groups is 1. The summed E-state index contributed by atoms with van der Waals surface area (Å²) in [4.78, 5) is 26.1. The lowest BCUT2D eigenvalue weighted by molar-refractivity contribution is -0.384. The first-order valence-corrected chi connectivity index (χ1v) is 6.26. The molecule has 0 saturated carbocycles. The zero-order valence-corrected chi connectivity index (χ0v) is 11.4. The Kier molecular flexibility index (Phi) is 3.94. The minimum Gasteiger partial charge on any atom is -0.481 e. The fourth-order valence-corrected chi connectivity index (χ4v) is 2.48. The van der Waals surface area contributed by atoms with E-state index in [-0.39, 0.29) is 5.82 Å². The van der Waals surface area contributed by atoms with Gasteiger partial charge in [-0.1, -0.05) is 0 Å². The van der Waals surface area contributed by atoms with Crippen LogP contribution in [0.15, 0.2) is 12.3 Å². The van der Waals surface area contributed by atoms with Gasteiger partial charge in [-0.2, -0.15) is 13.2 Å². The Morgan fingerprint density at radius 3 is 2.59 bits per heavy atom. The van der Waals surface area contributed by atoms with Crippen molar-refractivity contribution in [2.75, 3.05) is 18.0 Å². The number of carboxylic acid groups (broad SMARTS) is 1. The van der Waals surface area contributed by atoms with Crippen LogP contribution in [0, 0.1) is 28.9 Å². The number of halogens is 3. The van der Waals surface area contributed by atoms with Crippen molar-refractivity contribution in [3.8, 4) is 0 Å². The van der Waals surface area contributed by atoms with E-state index < -0.39 is 47.7 Å². The maximum atomic E-state index is 12.9. The molecule has 0 aromatic carbocycles. The maximum Gasteiger partial charge on any atom is 0.394 e. The van der Waals surface area contributed by atoms with Crippen molar-refractivity contribution in [1.82, 2.24) is 4.98 Å². The van der Waals surface area contributed by atoms with E-state index in [4.69, 9.17) is 5.11 Å². The van der Waals surface area contributed by atoms with Gasteiger partial charge >= 0.3 is 17.8 Å². The van der Waals surface area contributed by atoms with Gasteiger partial charge in [-0.25, -0.2) is 4.98 Å². The predicted octanol–water partition coefficient (Wildman–Crippen LogP) is 2.00. The summed E-state index contributed by atoms with van der Waals surface area (Å²) in [6.45, 7) is 0.417. The molecule has 2 atom stereocenters. The second-order valence-electron chi connectivity index (χ2n) is 5.11. The van der Waals surface area contributed by atoms with Gasteiger partial charge in [0.05, 0.1) is 16.8 Å². The number of alkyl halides is 3. The molecule has 2 rings (SSSR count). The summed E-state index contributed by atoms with van der Waals surface area (Å²) in [6.07, 6.45) is -3.41. The fourth-order valence-electron chi connectivity index (χ4n) is 2.48. The molecule has 1 aromatic rings. The van der Waals surface area contributed by atoms with E-state index in [1.165, 1.54) is 12.3 Å². The van der Waals surface area contributed by atoms with Crippen molar-refractivity contribution in [2.24, 2.45) is 11.8 Å². The first kappa shape index (κ1) is 16.0. The van der Waals surface area contributed by atoms with Crippen LogP contribution < -0.4 is 4.90 Å². The summed E-state index contributed by atoms with van der Waals surface area (Å²) in [6, 6.07) is 1.19. The Morgan fingerprint density at radius 1 is 1.50 bits per heavy atom. The Bertz CT molecular complexity index is 620. The molecule has 10 heteroatoms. The van der Waals surface area contributed by atoms with E-state index in [0.717, 1.165) is 4.90 Å². The minimum atomic E-state index is -4.70. The quantitative estimate of drug-likeness (QED) is 0.676. The van der Waals surface area contributed by atoms with E-state index >= 15 is 0 Å². The fraction of sp³-hybridized carbons (Fsp3) is 0.500. The summed E-state index contributed by atoms with van der Waals surface area (Å²) < 4.78 is 38.8. The van der Waals surface area contributed by atoms with Crippen LogP contribution in [-0.2, 0) is 4.79 Å². The average Bonchev–Trinajstić information content (AvgIpc) is 2.83. The summed E-state index contributed by atoms with van der Waals surface area (Å²) >= 11 is 0. The van der Waals surface area contributed by atoms with Gasteiger partial charge < -0.3 is 10.0 Å². The number of hydrogen-bond donors (Lipinski definition) is 1. The smallest absolute Gasteiger partial charge is 0.394 e. The second-order valence-corrected chi connectivity index (χ2v) is 5.11. The normalized spacial score (nSPS) is 21.9. The van der Waals surface area contributed by atoms with Gasteiger partial charge in [0.2, 0.25) is 5.82 Å². The van der Waals surface area contributed by atoms with Crippen LogP contribution in [0.3, 0.4) is 0 Å². The number of nitro groups is 1. The lowest BCUT2D eigenvalue weighted by Gasteiger charge is -2.18. The SMILES string of the molecule is Cc1cnc(N2C[C@@H](C(F)(F)F)[C@H](C(=O)O)C2)c([N+](=O)[O-])c1. The first-order chi connectivity index (χ1) is 10.1. The van der Waals surface area contributed by atoms with E-state index in [0.29, 0.717) is 5.56 Å². The molecule has 2 heterocycles. The third-order valence-corrected chi connectivity index (χ3v) is 3.54. The van der Waals surface area contributed by atoms with Gasteiger partial charge in [-0.3, -0.25) is 14.9 Å². The minimum absolute atomic E-state index is 0.242. The van der Waals surface area contributed by atoms with Gasteiger partial charge in [0, 0.05) is 25.4 Å². The molecule has 0 spiro atoms. The molecule has 120 valence electrons. The van der Waals surface area contributed by atoms with Crippen molar-refractivity contribution in [1.29, 1.82) is 0 Å². The number of anilines is 1. The summed E-state index contributed by atoms with van der Waals surface area (Å²) in [5.41, 5.74) is 0.0452. The molecule has 1 saturated heterocycles. The topological polar surface area (TPSA) is 96.6 Å². The number of pyridine rings is 1. The number of aliphatic carboxylic acids is 1. The van der Waals surface area contributed by atoms with Crippen LogP contribution in [0.5, 0.6) is 0 Å². The number of rotatable bonds is 3. The monoisotopic (exact) mass is 319 g/mol. The highest BCUT2D eigenvalue weighted by Crippen LogP contribution is 2.40. The molecular weight excluding hydrogens is 307 g/mol. The van der Waals surface area contributed by atoms with Crippen molar-refractivity contribution >= 4 is 17.5 Å². The van der Waals surface area contributed by atoms with Crippen LogP contribution >= 0.6 is 0 Å². The molecule has 22 heavy (non-hydrogen) atoms. The predicted molar refractivity (Wildman–Crippen MR) is 68.5 cm³/mol. The molecule has 0 aliphatic carbocycles. The van der Waals surface area contributed by atoms with Gasteiger partial charge in [0.1, 0.15) is 0 Å². The zero-order valence-electron chi connectivity index (χ0n) is 11.4. The highest BCUT2D eigenvalue weighted by molar-refractivity contribution is 5.73. The average molecular weight is 319 g/mol. The first-order valence-electron chi connectivity index (χ1n) is 6.26. The lowest BCUT2D eigenvalue weighted by atomic mass is 9.96. The van der Waals surface area contributed by atoms with Crippen molar-refractivity contribution in [2.45, 2.75) is 13.1 Å². The Labute approximate surface area is 122 Å². The molecule has 0 amide bonds. The third-order valence-electron chi connectivity index (χ3n) is 3.54. The summed E-state index contributed by atoms with van der Waals surface area (Å²) in [5, 5.41) is 20.0. The van der Waals surface area contributed by atoms with Gasteiger partial charge in [0.15, 0.2) is 0 Å². The molecule has 0 radical (unpaired) electrons. The number of carboxylic acids is 1. The highest BCUT2D eigenvalue weighted by atomic mass is 19.4. The summed E-state index contributed by atoms with van der Waals surface area (Å²) in [7, 11) is 0. The summed E-state index contributed by atoms with van der Waals surface area (Å²) in [5.74, 6) is -5.59. The number of aryl methyl sites for hydroxylation is 1. The molecular formula is C12H12F3N3O4. The third kappa shape index (κ3) is 2.95. The zero-order chi connectivity index (χ0) is 16.7. The molecule has 1 N–H and O–H groups in total. The molecule has 0 unspecified atom stereocenters. The van der Waals surface area contributed by atoms with E-state index in [9.17, 15) is 28.1 Å². The molecule has 1 fully saturated rings. The van der Waals surface area contributed by atoms with Crippen LogP contribution in [0.2, 0.25) is 0 Å². The van der Waals surface area contributed by atoms with Gasteiger partial charge in [-0.05, 0) is 12.5 Å². The van der Waals surface area contributed by atoms with Crippen LogP contribution in [0.25, 0.3) is 0 Å². The van der Waals surface area contributed by atoms with Crippen LogP contribution in [0.1, 0.15) is 5.56 Å². The Balaban J connectivity index is 2.39.